The van der Waals surface area contributed by atoms with Crippen molar-refractivity contribution in [3.05, 3.63) is 42.0 Å². The molecule has 1 fully saturated rings. The highest BCUT2D eigenvalue weighted by Gasteiger charge is 2.35. The highest BCUT2D eigenvalue weighted by molar-refractivity contribution is 5.84. The molecule has 0 heterocycles. The Morgan fingerprint density at radius 2 is 1.90 bits per heavy atom. The Hall–Kier alpha value is -1.58. The first kappa shape index (κ1) is 13.4. The van der Waals surface area contributed by atoms with Crippen LogP contribution in [0, 0.1) is 0 Å². The van der Waals surface area contributed by atoms with Gasteiger partial charge < -0.3 is 15.2 Å². The van der Waals surface area contributed by atoms with E-state index in [4.69, 9.17) is 4.74 Å². The van der Waals surface area contributed by atoms with Crippen molar-refractivity contribution in [2.45, 2.75) is 31.3 Å². The molecule has 0 radical (unpaired) electrons. The summed E-state index contributed by atoms with van der Waals surface area (Å²) in [6.07, 6.45) is 3.37. The lowest BCUT2D eigenvalue weighted by atomic mass is 9.77. The van der Waals surface area contributed by atoms with Crippen LogP contribution in [0.25, 0.3) is 10.8 Å². The fourth-order valence-corrected chi connectivity index (χ4v) is 2.79. The van der Waals surface area contributed by atoms with Crippen molar-refractivity contribution >= 4 is 10.8 Å². The fourth-order valence-electron chi connectivity index (χ4n) is 2.79. The van der Waals surface area contributed by atoms with Gasteiger partial charge in [0.15, 0.2) is 0 Å². The summed E-state index contributed by atoms with van der Waals surface area (Å²) >= 11 is 0. The number of hydrogen-bond donors (Lipinski definition) is 2. The van der Waals surface area contributed by atoms with Gasteiger partial charge in [0.2, 0.25) is 0 Å². The number of benzene rings is 2. The molecular formula is C17H21NO2. The molecule has 20 heavy (non-hydrogen) atoms. The molecule has 106 valence electrons. The van der Waals surface area contributed by atoms with Gasteiger partial charge in [0.25, 0.3) is 0 Å². The average molecular weight is 271 g/mol. The van der Waals surface area contributed by atoms with E-state index >= 15 is 0 Å². The van der Waals surface area contributed by atoms with Gasteiger partial charge in [0.05, 0.1) is 13.7 Å². The highest BCUT2D eigenvalue weighted by atomic mass is 16.5. The zero-order chi connectivity index (χ0) is 14.0. The molecule has 0 aromatic heterocycles. The standard InChI is InChI=1S/C17H21NO2/c1-20-16-6-5-14-9-13(3-4-15(14)10-16)11-18-17(12-19)7-2-8-17/h3-6,9-10,18-19H,2,7-8,11-12H2,1H3. The first-order chi connectivity index (χ1) is 9.74. The molecule has 2 aromatic carbocycles. The summed E-state index contributed by atoms with van der Waals surface area (Å²) in [5.41, 5.74) is 1.22. The largest absolute Gasteiger partial charge is 0.497 e. The quantitative estimate of drug-likeness (QED) is 0.878. The number of fused-ring (bicyclic) bond motifs is 1. The molecule has 1 aliphatic carbocycles. The van der Waals surface area contributed by atoms with E-state index in [1.165, 1.54) is 22.8 Å². The summed E-state index contributed by atoms with van der Waals surface area (Å²) in [5.74, 6) is 0.886. The number of aliphatic hydroxyl groups excluding tert-OH is 1. The Kier molecular flexibility index (Phi) is 3.64. The minimum atomic E-state index is -0.0329. The molecule has 0 unspecified atom stereocenters. The minimum absolute atomic E-state index is 0.0329. The topological polar surface area (TPSA) is 41.5 Å². The van der Waals surface area contributed by atoms with Crippen LogP contribution in [0.2, 0.25) is 0 Å². The normalized spacial score (nSPS) is 16.9. The van der Waals surface area contributed by atoms with E-state index in [2.05, 4.69) is 29.6 Å². The second kappa shape index (κ2) is 5.43. The highest BCUT2D eigenvalue weighted by Crippen LogP contribution is 2.31. The third-order valence-electron chi connectivity index (χ3n) is 4.39. The number of aliphatic hydroxyl groups is 1. The van der Waals surface area contributed by atoms with E-state index in [1.807, 2.05) is 12.1 Å². The van der Waals surface area contributed by atoms with Crippen molar-refractivity contribution in [1.29, 1.82) is 0 Å². The van der Waals surface area contributed by atoms with E-state index in [9.17, 15) is 5.11 Å². The van der Waals surface area contributed by atoms with Crippen LogP contribution < -0.4 is 10.1 Å². The summed E-state index contributed by atoms with van der Waals surface area (Å²) in [7, 11) is 1.69. The van der Waals surface area contributed by atoms with Crippen LogP contribution in [0.4, 0.5) is 0 Å². The fraction of sp³-hybridized carbons (Fsp3) is 0.412. The number of methoxy groups -OCH3 is 1. The van der Waals surface area contributed by atoms with Gasteiger partial charge in [-0.15, -0.1) is 0 Å². The first-order valence-corrected chi connectivity index (χ1v) is 7.17. The SMILES string of the molecule is COc1ccc2cc(CNC3(CO)CCC3)ccc2c1. The van der Waals surface area contributed by atoms with Crippen molar-refractivity contribution in [1.82, 2.24) is 5.32 Å². The van der Waals surface area contributed by atoms with Gasteiger partial charge in [-0.2, -0.15) is 0 Å². The number of nitrogens with one attached hydrogen (secondary N) is 1. The summed E-state index contributed by atoms with van der Waals surface area (Å²) < 4.78 is 5.24. The van der Waals surface area contributed by atoms with Crippen LogP contribution in [0.1, 0.15) is 24.8 Å². The Morgan fingerprint density at radius 1 is 1.15 bits per heavy atom. The molecule has 1 saturated carbocycles. The lowest BCUT2D eigenvalue weighted by Gasteiger charge is -2.41. The van der Waals surface area contributed by atoms with Crippen LogP contribution in [0.5, 0.6) is 5.75 Å². The molecule has 0 spiro atoms. The Labute approximate surface area is 119 Å². The van der Waals surface area contributed by atoms with E-state index in [0.29, 0.717) is 0 Å². The van der Waals surface area contributed by atoms with Crippen molar-refractivity contribution in [2.75, 3.05) is 13.7 Å². The molecule has 1 aliphatic rings. The maximum atomic E-state index is 9.47. The number of ether oxygens (including phenoxy) is 1. The molecule has 3 nitrogen and oxygen atoms in total. The molecule has 0 aliphatic heterocycles. The van der Waals surface area contributed by atoms with Gasteiger partial charge in [-0.05, 0) is 53.8 Å². The molecule has 0 bridgehead atoms. The predicted molar refractivity (Wildman–Crippen MR) is 81.0 cm³/mol. The molecule has 2 N–H and O–H groups in total. The monoisotopic (exact) mass is 271 g/mol. The molecular weight excluding hydrogens is 250 g/mol. The van der Waals surface area contributed by atoms with E-state index < -0.39 is 0 Å². The molecule has 0 saturated heterocycles. The molecule has 0 atom stereocenters. The number of rotatable bonds is 5. The van der Waals surface area contributed by atoms with Gasteiger partial charge in [0, 0.05) is 12.1 Å². The third-order valence-corrected chi connectivity index (χ3v) is 4.39. The molecule has 3 heteroatoms. The lowest BCUT2D eigenvalue weighted by Crippen LogP contribution is -2.53. The zero-order valence-electron chi connectivity index (χ0n) is 11.9. The van der Waals surface area contributed by atoms with Crippen LogP contribution >= 0.6 is 0 Å². The maximum Gasteiger partial charge on any atom is 0.119 e. The second-order valence-electron chi connectivity index (χ2n) is 5.69. The lowest BCUT2D eigenvalue weighted by molar-refractivity contribution is 0.0872. The van der Waals surface area contributed by atoms with E-state index in [-0.39, 0.29) is 12.1 Å². The summed E-state index contributed by atoms with van der Waals surface area (Å²) in [4.78, 5) is 0. The van der Waals surface area contributed by atoms with Crippen LogP contribution in [0.3, 0.4) is 0 Å². The first-order valence-electron chi connectivity index (χ1n) is 7.17. The molecule has 2 aromatic rings. The van der Waals surface area contributed by atoms with E-state index in [1.54, 1.807) is 7.11 Å². The van der Waals surface area contributed by atoms with Crippen LogP contribution in [-0.4, -0.2) is 24.4 Å². The van der Waals surface area contributed by atoms with Gasteiger partial charge in [-0.3, -0.25) is 0 Å². The Bertz CT molecular complexity index is 599. The smallest absolute Gasteiger partial charge is 0.119 e. The van der Waals surface area contributed by atoms with E-state index in [0.717, 1.165) is 25.1 Å². The van der Waals surface area contributed by atoms with Crippen molar-refractivity contribution in [2.24, 2.45) is 0 Å². The van der Waals surface area contributed by atoms with Crippen molar-refractivity contribution < 1.29 is 9.84 Å². The minimum Gasteiger partial charge on any atom is -0.497 e. The Morgan fingerprint density at radius 3 is 2.55 bits per heavy atom. The van der Waals surface area contributed by atoms with Gasteiger partial charge in [-0.25, -0.2) is 0 Å². The second-order valence-corrected chi connectivity index (χ2v) is 5.69. The van der Waals surface area contributed by atoms with Crippen LogP contribution in [0.15, 0.2) is 36.4 Å². The zero-order valence-corrected chi connectivity index (χ0v) is 11.9. The van der Waals surface area contributed by atoms with Gasteiger partial charge in [0.1, 0.15) is 5.75 Å². The third kappa shape index (κ3) is 2.51. The average Bonchev–Trinajstić information content (AvgIpc) is 2.46. The van der Waals surface area contributed by atoms with Crippen molar-refractivity contribution in [3.8, 4) is 5.75 Å². The van der Waals surface area contributed by atoms with Crippen molar-refractivity contribution in [3.63, 3.8) is 0 Å². The van der Waals surface area contributed by atoms with Crippen LogP contribution in [-0.2, 0) is 6.54 Å². The predicted octanol–water partition coefficient (Wildman–Crippen LogP) is 2.85. The summed E-state index contributed by atoms with van der Waals surface area (Å²) in [6, 6.07) is 12.6. The summed E-state index contributed by atoms with van der Waals surface area (Å²) in [5, 5.41) is 15.4. The maximum absolute atomic E-state index is 9.47. The number of hydrogen-bond acceptors (Lipinski definition) is 3. The molecule has 3 rings (SSSR count). The summed E-state index contributed by atoms with van der Waals surface area (Å²) in [6.45, 7) is 1.04. The van der Waals surface area contributed by atoms with Gasteiger partial charge in [-0.1, -0.05) is 18.2 Å². The Balaban J connectivity index is 1.75. The molecule has 0 amide bonds. The van der Waals surface area contributed by atoms with Gasteiger partial charge >= 0.3 is 0 Å².